The number of imidazole rings is 1. The molecule has 4 heteroatoms. The summed E-state index contributed by atoms with van der Waals surface area (Å²) < 4.78 is 2.08. The summed E-state index contributed by atoms with van der Waals surface area (Å²) in [6.45, 7) is 6.56. The van der Waals surface area contributed by atoms with Crippen LogP contribution in [0.1, 0.15) is 13.8 Å². The Kier molecular flexibility index (Phi) is 2.74. The number of para-hydroxylation sites is 1. The van der Waals surface area contributed by atoms with Gasteiger partial charge in [0.15, 0.2) is 0 Å². The predicted octanol–water partition coefficient (Wildman–Crippen LogP) is 1.76. The Morgan fingerprint density at radius 3 is 2.67 bits per heavy atom. The van der Waals surface area contributed by atoms with Crippen molar-refractivity contribution in [3.05, 3.63) is 24.5 Å². The Morgan fingerprint density at radius 2 is 1.94 bits per heavy atom. The van der Waals surface area contributed by atoms with Crippen LogP contribution in [0.15, 0.2) is 24.5 Å². The van der Waals surface area contributed by atoms with Crippen molar-refractivity contribution in [3.63, 3.8) is 0 Å². The molecule has 1 aromatic heterocycles. The zero-order valence-corrected chi connectivity index (χ0v) is 11.2. The van der Waals surface area contributed by atoms with Crippen LogP contribution in [0.5, 0.6) is 0 Å². The standard InChI is InChI=1S/C14H20N4/c1-10-7-18(8-11(2)16-10)13-6-4-5-12-14(13)15-9-17(12)3/h4-6,9-11,16H,7-8H2,1-3H3/t10-,11+. The highest BCUT2D eigenvalue weighted by molar-refractivity contribution is 5.89. The molecule has 4 nitrogen and oxygen atoms in total. The van der Waals surface area contributed by atoms with Gasteiger partial charge in [-0.3, -0.25) is 0 Å². The first-order valence-corrected chi connectivity index (χ1v) is 6.56. The summed E-state index contributed by atoms with van der Waals surface area (Å²) in [5, 5.41) is 3.56. The molecule has 1 aromatic carbocycles. The van der Waals surface area contributed by atoms with Crippen LogP contribution in [0.2, 0.25) is 0 Å². The summed E-state index contributed by atoms with van der Waals surface area (Å²) in [6.07, 6.45) is 1.89. The monoisotopic (exact) mass is 244 g/mol. The summed E-state index contributed by atoms with van der Waals surface area (Å²) in [4.78, 5) is 6.99. The number of anilines is 1. The first-order chi connectivity index (χ1) is 8.65. The third kappa shape index (κ3) is 1.86. The van der Waals surface area contributed by atoms with E-state index >= 15 is 0 Å². The van der Waals surface area contributed by atoms with Gasteiger partial charge in [0.05, 0.1) is 17.5 Å². The van der Waals surface area contributed by atoms with E-state index in [-0.39, 0.29) is 0 Å². The van der Waals surface area contributed by atoms with Gasteiger partial charge in [-0.1, -0.05) is 6.07 Å². The van der Waals surface area contributed by atoms with E-state index in [9.17, 15) is 0 Å². The van der Waals surface area contributed by atoms with Crippen LogP contribution in [-0.4, -0.2) is 34.7 Å². The van der Waals surface area contributed by atoms with E-state index in [1.807, 2.05) is 13.4 Å². The second-order valence-electron chi connectivity index (χ2n) is 5.37. The van der Waals surface area contributed by atoms with E-state index in [1.54, 1.807) is 0 Å². The molecule has 2 atom stereocenters. The van der Waals surface area contributed by atoms with Crippen LogP contribution in [0.3, 0.4) is 0 Å². The quantitative estimate of drug-likeness (QED) is 0.830. The van der Waals surface area contributed by atoms with Crippen molar-refractivity contribution < 1.29 is 0 Å². The Labute approximate surface area is 108 Å². The summed E-state index contributed by atoms with van der Waals surface area (Å²) in [7, 11) is 2.04. The molecule has 0 radical (unpaired) electrons. The van der Waals surface area contributed by atoms with Crippen LogP contribution in [-0.2, 0) is 7.05 Å². The van der Waals surface area contributed by atoms with E-state index in [1.165, 1.54) is 11.2 Å². The molecule has 0 aliphatic carbocycles. The maximum atomic E-state index is 4.54. The summed E-state index contributed by atoms with van der Waals surface area (Å²) in [5.41, 5.74) is 3.57. The minimum Gasteiger partial charge on any atom is -0.367 e. The molecule has 0 bridgehead atoms. The average Bonchev–Trinajstić information content (AvgIpc) is 2.70. The molecule has 1 fully saturated rings. The highest BCUT2D eigenvalue weighted by atomic mass is 15.2. The van der Waals surface area contributed by atoms with E-state index in [0.29, 0.717) is 12.1 Å². The van der Waals surface area contributed by atoms with Crippen LogP contribution in [0, 0.1) is 0 Å². The van der Waals surface area contributed by atoms with Crippen LogP contribution in [0.25, 0.3) is 11.0 Å². The predicted molar refractivity (Wildman–Crippen MR) is 75.0 cm³/mol. The van der Waals surface area contributed by atoms with Crippen molar-refractivity contribution in [1.29, 1.82) is 0 Å². The van der Waals surface area contributed by atoms with Gasteiger partial charge in [0, 0.05) is 32.2 Å². The van der Waals surface area contributed by atoms with Crippen LogP contribution >= 0.6 is 0 Å². The van der Waals surface area contributed by atoms with Crippen molar-refractivity contribution >= 4 is 16.7 Å². The molecule has 0 saturated carbocycles. The summed E-state index contributed by atoms with van der Waals surface area (Å²) >= 11 is 0. The number of hydrogen-bond donors (Lipinski definition) is 1. The number of benzene rings is 1. The molecule has 1 aliphatic heterocycles. The molecule has 0 unspecified atom stereocenters. The smallest absolute Gasteiger partial charge is 0.112 e. The van der Waals surface area contributed by atoms with Gasteiger partial charge in [-0.25, -0.2) is 4.98 Å². The van der Waals surface area contributed by atoms with Gasteiger partial charge < -0.3 is 14.8 Å². The fraction of sp³-hybridized carbons (Fsp3) is 0.500. The zero-order chi connectivity index (χ0) is 12.7. The molecule has 2 aromatic rings. The summed E-state index contributed by atoms with van der Waals surface area (Å²) in [6, 6.07) is 7.47. The van der Waals surface area contributed by atoms with Crippen molar-refractivity contribution in [2.45, 2.75) is 25.9 Å². The lowest BCUT2D eigenvalue weighted by atomic mass is 10.1. The number of nitrogens with zero attached hydrogens (tertiary/aromatic N) is 3. The van der Waals surface area contributed by atoms with Gasteiger partial charge in [-0.05, 0) is 26.0 Å². The van der Waals surface area contributed by atoms with Gasteiger partial charge in [0.1, 0.15) is 5.52 Å². The molecule has 3 rings (SSSR count). The maximum absolute atomic E-state index is 4.54. The number of hydrogen-bond acceptors (Lipinski definition) is 3. The molecular weight excluding hydrogens is 224 g/mol. The third-order valence-electron chi connectivity index (χ3n) is 3.63. The lowest BCUT2D eigenvalue weighted by molar-refractivity contribution is 0.407. The van der Waals surface area contributed by atoms with Gasteiger partial charge in [-0.2, -0.15) is 0 Å². The minimum absolute atomic E-state index is 0.521. The van der Waals surface area contributed by atoms with Gasteiger partial charge >= 0.3 is 0 Å². The lowest BCUT2D eigenvalue weighted by Gasteiger charge is -2.37. The molecule has 2 heterocycles. The van der Waals surface area contributed by atoms with Gasteiger partial charge in [0.2, 0.25) is 0 Å². The highest BCUT2D eigenvalue weighted by Gasteiger charge is 2.22. The number of nitrogens with one attached hydrogen (secondary N) is 1. The average molecular weight is 244 g/mol. The van der Waals surface area contributed by atoms with Crippen molar-refractivity contribution in [3.8, 4) is 0 Å². The van der Waals surface area contributed by atoms with Crippen molar-refractivity contribution in [1.82, 2.24) is 14.9 Å². The zero-order valence-electron chi connectivity index (χ0n) is 11.2. The number of aromatic nitrogens is 2. The second-order valence-corrected chi connectivity index (χ2v) is 5.37. The number of piperazine rings is 1. The molecule has 0 amide bonds. The third-order valence-corrected chi connectivity index (χ3v) is 3.63. The number of fused-ring (bicyclic) bond motifs is 1. The first kappa shape index (κ1) is 11.5. The Bertz CT molecular complexity index is 550. The largest absolute Gasteiger partial charge is 0.367 e. The van der Waals surface area contributed by atoms with E-state index in [4.69, 9.17) is 0 Å². The molecular formula is C14H20N4. The first-order valence-electron chi connectivity index (χ1n) is 6.56. The topological polar surface area (TPSA) is 33.1 Å². The number of rotatable bonds is 1. The van der Waals surface area contributed by atoms with E-state index in [2.05, 4.69) is 51.8 Å². The normalized spacial score (nSPS) is 24.7. The molecule has 1 N–H and O–H groups in total. The lowest BCUT2D eigenvalue weighted by Crippen LogP contribution is -2.54. The Balaban J connectivity index is 2.03. The van der Waals surface area contributed by atoms with Crippen LogP contribution < -0.4 is 10.2 Å². The van der Waals surface area contributed by atoms with Crippen LogP contribution in [0.4, 0.5) is 5.69 Å². The molecule has 1 aliphatic rings. The molecule has 1 saturated heterocycles. The van der Waals surface area contributed by atoms with E-state index < -0.39 is 0 Å². The highest BCUT2D eigenvalue weighted by Crippen LogP contribution is 2.26. The van der Waals surface area contributed by atoms with Gasteiger partial charge in [0.25, 0.3) is 0 Å². The maximum Gasteiger partial charge on any atom is 0.112 e. The molecule has 18 heavy (non-hydrogen) atoms. The Hall–Kier alpha value is -1.55. The van der Waals surface area contributed by atoms with Crippen molar-refractivity contribution in [2.75, 3.05) is 18.0 Å². The minimum atomic E-state index is 0.521. The fourth-order valence-electron chi connectivity index (χ4n) is 2.92. The van der Waals surface area contributed by atoms with E-state index in [0.717, 1.165) is 18.6 Å². The van der Waals surface area contributed by atoms with Crippen molar-refractivity contribution in [2.24, 2.45) is 7.05 Å². The molecule has 0 spiro atoms. The SMILES string of the molecule is C[C@@H]1CN(c2cccc3c2ncn3C)C[C@H](C)N1. The molecule has 96 valence electrons. The Morgan fingerprint density at radius 1 is 1.22 bits per heavy atom. The summed E-state index contributed by atoms with van der Waals surface area (Å²) in [5.74, 6) is 0. The van der Waals surface area contributed by atoms with Gasteiger partial charge in [-0.15, -0.1) is 0 Å². The fourth-order valence-corrected chi connectivity index (χ4v) is 2.92. The number of aryl methyl sites for hydroxylation is 1. The second kappa shape index (κ2) is 4.28.